The lowest BCUT2D eigenvalue weighted by Gasteiger charge is -2.30. The van der Waals surface area contributed by atoms with Crippen molar-refractivity contribution in [2.75, 3.05) is 13.1 Å². The van der Waals surface area contributed by atoms with Crippen molar-refractivity contribution in [3.05, 3.63) is 35.4 Å². The summed E-state index contributed by atoms with van der Waals surface area (Å²) in [7, 11) is 0. The molecule has 3 N–H and O–H groups in total. The predicted octanol–water partition coefficient (Wildman–Crippen LogP) is 1.85. The summed E-state index contributed by atoms with van der Waals surface area (Å²) < 4.78 is 28.0. The molecule has 1 saturated carbocycles. The van der Waals surface area contributed by atoms with Gasteiger partial charge in [0.05, 0.1) is 6.54 Å². The molecule has 1 amide bonds. The first-order valence-electron chi connectivity index (χ1n) is 6.50. The number of carbonyl (C=O) groups excluding carboxylic acids is 1. The Morgan fingerprint density at radius 2 is 1.84 bits per heavy atom. The van der Waals surface area contributed by atoms with Gasteiger partial charge in [-0.3, -0.25) is 4.79 Å². The highest BCUT2D eigenvalue weighted by atomic mass is 19.1. The number of benzene rings is 1. The minimum Gasteiger partial charge on any atom is -0.354 e. The molecule has 1 aromatic carbocycles. The molecule has 0 spiro atoms. The van der Waals surface area contributed by atoms with Crippen molar-refractivity contribution in [3.8, 4) is 0 Å². The highest BCUT2D eigenvalue weighted by molar-refractivity contribution is 5.77. The Balaban J connectivity index is 2.31. The van der Waals surface area contributed by atoms with Crippen molar-refractivity contribution in [2.24, 2.45) is 5.73 Å². The second-order valence-electron chi connectivity index (χ2n) is 5.06. The van der Waals surface area contributed by atoms with Gasteiger partial charge in [-0.05, 0) is 25.0 Å². The lowest BCUT2D eigenvalue weighted by atomic mass is 9.78. The first-order valence-corrected chi connectivity index (χ1v) is 6.50. The molecular weight excluding hydrogens is 250 g/mol. The summed E-state index contributed by atoms with van der Waals surface area (Å²) in [6.45, 7) is 0.122. The van der Waals surface area contributed by atoms with Crippen LogP contribution in [-0.4, -0.2) is 19.0 Å². The third-order valence-corrected chi connectivity index (χ3v) is 3.86. The molecule has 0 aromatic heterocycles. The van der Waals surface area contributed by atoms with Crippen LogP contribution in [0.5, 0.6) is 0 Å². The van der Waals surface area contributed by atoms with E-state index in [2.05, 4.69) is 5.32 Å². The summed E-state index contributed by atoms with van der Waals surface area (Å²) in [4.78, 5) is 11.3. The van der Waals surface area contributed by atoms with Crippen molar-refractivity contribution in [1.29, 1.82) is 0 Å². The molecule has 0 radical (unpaired) electrons. The molecule has 5 heteroatoms. The van der Waals surface area contributed by atoms with Crippen LogP contribution in [0.1, 0.15) is 31.2 Å². The molecule has 104 valence electrons. The van der Waals surface area contributed by atoms with Crippen LogP contribution in [0, 0.1) is 11.6 Å². The summed E-state index contributed by atoms with van der Waals surface area (Å²) >= 11 is 0. The van der Waals surface area contributed by atoms with Crippen LogP contribution in [0.4, 0.5) is 8.78 Å². The van der Waals surface area contributed by atoms with E-state index in [9.17, 15) is 13.6 Å². The molecule has 1 aliphatic carbocycles. The fraction of sp³-hybridized carbons (Fsp3) is 0.500. The van der Waals surface area contributed by atoms with E-state index in [-0.39, 0.29) is 24.6 Å². The Morgan fingerprint density at radius 3 is 2.37 bits per heavy atom. The molecule has 0 heterocycles. The van der Waals surface area contributed by atoms with Crippen LogP contribution in [0.3, 0.4) is 0 Å². The second-order valence-corrected chi connectivity index (χ2v) is 5.06. The number of nitrogens with one attached hydrogen (secondary N) is 1. The van der Waals surface area contributed by atoms with Gasteiger partial charge in [-0.2, -0.15) is 0 Å². The average Bonchev–Trinajstić information content (AvgIpc) is 2.85. The number of carbonyl (C=O) groups is 1. The molecule has 1 fully saturated rings. The predicted molar refractivity (Wildman–Crippen MR) is 68.6 cm³/mol. The van der Waals surface area contributed by atoms with Gasteiger partial charge in [-0.15, -0.1) is 0 Å². The highest BCUT2D eigenvalue weighted by Crippen LogP contribution is 2.42. The Labute approximate surface area is 111 Å². The maximum absolute atomic E-state index is 14.0. The van der Waals surface area contributed by atoms with Gasteiger partial charge < -0.3 is 11.1 Å². The maximum atomic E-state index is 14.0. The van der Waals surface area contributed by atoms with Gasteiger partial charge >= 0.3 is 0 Å². The number of hydrogen-bond donors (Lipinski definition) is 2. The summed E-state index contributed by atoms with van der Waals surface area (Å²) in [5, 5.41) is 2.67. The minimum atomic E-state index is -0.639. The first kappa shape index (κ1) is 13.9. The van der Waals surface area contributed by atoms with Crippen molar-refractivity contribution < 1.29 is 13.6 Å². The lowest BCUT2D eigenvalue weighted by molar-refractivity contribution is -0.120. The number of nitrogens with two attached hydrogens (primary N) is 1. The Morgan fingerprint density at radius 1 is 1.26 bits per heavy atom. The summed E-state index contributed by atoms with van der Waals surface area (Å²) in [5.41, 5.74) is 4.70. The van der Waals surface area contributed by atoms with E-state index in [1.807, 2.05) is 0 Å². The molecule has 3 nitrogen and oxygen atoms in total. The van der Waals surface area contributed by atoms with Crippen molar-refractivity contribution >= 4 is 5.91 Å². The number of hydrogen-bond acceptors (Lipinski definition) is 2. The zero-order chi connectivity index (χ0) is 13.9. The molecule has 0 saturated heterocycles. The third-order valence-electron chi connectivity index (χ3n) is 3.86. The van der Waals surface area contributed by atoms with E-state index in [0.29, 0.717) is 12.8 Å². The zero-order valence-corrected chi connectivity index (χ0v) is 10.7. The van der Waals surface area contributed by atoms with Crippen molar-refractivity contribution in [3.63, 3.8) is 0 Å². The van der Waals surface area contributed by atoms with Crippen LogP contribution < -0.4 is 11.1 Å². The quantitative estimate of drug-likeness (QED) is 0.875. The van der Waals surface area contributed by atoms with E-state index in [4.69, 9.17) is 5.73 Å². The summed E-state index contributed by atoms with van der Waals surface area (Å²) in [6, 6.07) is 3.89. The van der Waals surface area contributed by atoms with E-state index >= 15 is 0 Å². The van der Waals surface area contributed by atoms with Gasteiger partial charge in [0.15, 0.2) is 0 Å². The zero-order valence-electron chi connectivity index (χ0n) is 10.7. The van der Waals surface area contributed by atoms with Crippen LogP contribution in [0.25, 0.3) is 0 Å². The molecule has 19 heavy (non-hydrogen) atoms. The number of rotatable bonds is 4. The van der Waals surface area contributed by atoms with Crippen LogP contribution in [0.15, 0.2) is 18.2 Å². The SMILES string of the molecule is NCC(=O)NCC1(c2c(F)cccc2F)CCCC1. The fourth-order valence-corrected chi connectivity index (χ4v) is 2.91. The minimum absolute atomic E-state index is 0.102. The molecule has 0 atom stereocenters. The highest BCUT2D eigenvalue weighted by Gasteiger charge is 2.39. The molecule has 1 aliphatic rings. The molecular formula is C14H18F2N2O. The average molecular weight is 268 g/mol. The van der Waals surface area contributed by atoms with Crippen LogP contribution >= 0.6 is 0 Å². The Hall–Kier alpha value is -1.49. The monoisotopic (exact) mass is 268 g/mol. The van der Waals surface area contributed by atoms with Crippen LogP contribution in [-0.2, 0) is 10.2 Å². The van der Waals surface area contributed by atoms with Crippen LogP contribution in [0.2, 0.25) is 0 Å². The first-order chi connectivity index (χ1) is 9.09. The third kappa shape index (κ3) is 2.76. The summed E-state index contributed by atoms with van der Waals surface area (Å²) in [5.74, 6) is -1.38. The van der Waals surface area contributed by atoms with E-state index in [1.165, 1.54) is 18.2 Å². The van der Waals surface area contributed by atoms with Gasteiger partial charge in [0.25, 0.3) is 0 Å². The van der Waals surface area contributed by atoms with Gasteiger partial charge in [0.2, 0.25) is 5.91 Å². The molecule has 0 bridgehead atoms. The molecule has 2 rings (SSSR count). The number of amides is 1. The van der Waals surface area contributed by atoms with E-state index < -0.39 is 17.0 Å². The smallest absolute Gasteiger partial charge is 0.233 e. The molecule has 0 unspecified atom stereocenters. The maximum Gasteiger partial charge on any atom is 0.233 e. The van der Waals surface area contributed by atoms with Gasteiger partial charge in [0.1, 0.15) is 11.6 Å². The largest absolute Gasteiger partial charge is 0.354 e. The lowest BCUT2D eigenvalue weighted by Crippen LogP contribution is -2.42. The van der Waals surface area contributed by atoms with Gasteiger partial charge in [-0.1, -0.05) is 18.9 Å². The summed E-state index contributed by atoms with van der Waals surface area (Å²) in [6.07, 6.45) is 3.17. The fourth-order valence-electron chi connectivity index (χ4n) is 2.91. The van der Waals surface area contributed by atoms with E-state index in [1.54, 1.807) is 0 Å². The molecule has 0 aliphatic heterocycles. The standard InChI is InChI=1S/C14H18F2N2O/c15-10-4-3-5-11(16)13(10)14(6-1-2-7-14)9-18-12(19)8-17/h3-5H,1-2,6-9,17H2,(H,18,19). The van der Waals surface area contributed by atoms with Crippen molar-refractivity contribution in [2.45, 2.75) is 31.1 Å². The normalized spacial score (nSPS) is 17.4. The Kier molecular flexibility index (Phi) is 4.14. The van der Waals surface area contributed by atoms with Gasteiger partial charge in [0, 0.05) is 17.5 Å². The van der Waals surface area contributed by atoms with Crippen molar-refractivity contribution in [1.82, 2.24) is 5.32 Å². The molecule has 1 aromatic rings. The van der Waals surface area contributed by atoms with E-state index in [0.717, 1.165) is 12.8 Å². The number of halogens is 2. The second kappa shape index (κ2) is 5.65. The van der Waals surface area contributed by atoms with Gasteiger partial charge in [-0.25, -0.2) is 8.78 Å². The topological polar surface area (TPSA) is 55.1 Å². The Bertz CT molecular complexity index is 450.